The molecule has 6 nitrogen and oxygen atoms in total. The zero-order valence-corrected chi connectivity index (χ0v) is 13.2. The second kappa shape index (κ2) is 6.50. The maximum Gasteiger partial charge on any atom is 0.321 e. The maximum atomic E-state index is 12.0. The number of aliphatic hydroxyl groups excluding tert-OH is 1. The van der Waals surface area contributed by atoms with Gasteiger partial charge in [-0.2, -0.15) is 0 Å². The van der Waals surface area contributed by atoms with E-state index in [2.05, 4.69) is 15.6 Å². The molecule has 0 aliphatic heterocycles. The summed E-state index contributed by atoms with van der Waals surface area (Å²) in [5, 5.41) is 15.8. The first-order valence-electron chi connectivity index (χ1n) is 7.34. The summed E-state index contributed by atoms with van der Waals surface area (Å²) in [6.07, 6.45) is 2.88. The van der Waals surface area contributed by atoms with Crippen LogP contribution in [0.4, 0.5) is 9.93 Å². The Morgan fingerprint density at radius 1 is 1.36 bits per heavy atom. The molecular formula is C15H19N3O3S. The van der Waals surface area contributed by atoms with Gasteiger partial charge in [0.15, 0.2) is 5.13 Å². The molecule has 1 aliphatic carbocycles. The number of carbonyl (C=O) groups is 1. The van der Waals surface area contributed by atoms with Gasteiger partial charge in [0.25, 0.3) is 0 Å². The summed E-state index contributed by atoms with van der Waals surface area (Å²) < 4.78 is 6.15. The predicted octanol–water partition coefficient (Wildman–Crippen LogP) is 2.73. The highest BCUT2D eigenvalue weighted by Crippen LogP contribution is 2.29. The highest BCUT2D eigenvalue weighted by Gasteiger charge is 2.21. The van der Waals surface area contributed by atoms with Crippen LogP contribution in [0.5, 0.6) is 5.75 Å². The van der Waals surface area contributed by atoms with Gasteiger partial charge in [-0.05, 0) is 43.9 Å². The smallest absolute Gasteiger partial charge is 0.321 e. The Morgan fingerprint density at radius 3 is 2.86 bits per heavy atom. The van der Waals surface area contributed by atoms with Crippen LogP contribution in [0.2, 0.25) is 0 Å². The van der Waals surface area contributed by atoms with Gasteiger partial charge in [0, 0.05) is 6.04 Å². The number of benzene rings is 1. The van der Waals surface area contributed by atoms with Crippen LogP contribution in [0.25, 0.3) is 10.2 Å². The third-order valence-corrected chi connectivity index (χ3v) is 4.78. The van der Waals surface area contributed by atoms with Gasteiger partial charge < -0.3 is 15.2 Å². The Balaban J connectivity index is 1.61. The fourth-order valence-corrected chi connectivity index (χ4v) is 3.51. The minimum atomic E-state index is -0.243. The molecule has 0 unspecified atom stereocenters. The topological polar surface area (TPSA) is 83.5 Å². The van der Waals surface area contributed by atoms with Gasteiger partial charge >= 0.3 is 6.03 Å². The third kappa shape index (κ3) is 3.48. The predicted molar refractivity (Wildman–Crippen MR) is 86.6 cm³/mol. The molecule has 1 saturated carbocycles. The minimum Gasteiger partial charge on any atom is -0.497 e. The molecule has 1 aliphatic rings. The molecule has 7 heteroatoms. The van der Waals surface area contributed by atoms with E-state index < -0.39 is 0 Å². The summed E-state index contributed by atoms with van der Waals surface area (Å²) >= 11 is 1.41. The van der Waals surface area contributed by atoms with Crippen molar-refractivity contribution in [1.29, 1.82) is 0 Å². The van der Waals surface area contributed by atoms with Crippen molar-refractivity contribution in [3.63, 3.8) is 0 Å². The van der Waals surface area contributed by atoms with Crippen molar-refractivity contribution in [1.82, 2.24) is 10.3 Å². The van der Waals surface area contributed by atoms with E-state index in [1.165, 1.54) is 11.3 Å². The number of hydrogen-bond donors (Lipinski definition) is 3. The number of fused-ring (bicyclic) bond motifs is 1. The molecule has 1 aromatic carbocycles. The van der Waals surface area contributed by atoms with E-state index >= 15 is 0 Å². The monoisotopic (exact) mass is 321 g/mol. The van der Waals surface area contributed by atoms with Crippen molar-refractivity contribution < 1.29 is 14.6 Å². The van der Waals surface area contributed by atoms with Gasteiger partial charge in [0.2, 0.25) is 0 Å². The van der Waals surface area contributed by atoms with E-state index in [0.717, 1.165) is 41.6 Å². The van der Waals surface area contributed by atoms with E-state index in [4.69, 9.17) is 4.74 Å². The van der Waals surface area contributed by atoms with Crippen molar-refractivity contribution in [2.45, 2.75) is 37.8 Å². The van der Waals surface area contributed by atoms with Crippen LogP contribution in [-0.4, -0.2) is 35.4 Å². The number of nitrogens with one attached hydrogen (secondary N) is 2. The molecule has 0 spiro atoms. The van der Waals surface area contributed by atoms with Gasteiger partial charge in [-0.3, -0.25) is 5.32 Å². The number of aromatic nitrogens is 1. The second-order valence-electron chi connectivity index (χ2n) is 5.46. The molecular weight excluding hydrogens is 302 g/mol. The summed E-state index contributed by atoms with van der Waals surface area (Å²) in [5.41, 5.74) is 0.835. The first-order chi connectivity index (χ1) is 10.6. The van der Waals surface area contributed by atoms with Crippen LogP contribution in [0.15, 0.2) is 18.2 Å². The van der Waals surface area contributed by atoms with Crippen molar-refractivity contribution in [2.24, 2.45) is 0 Å². The lowest BCUT2D eigenvalue weighted by Gasteiger charge is -2.25. The number of hydrogen-bond acceptors (Lipinski definition) is 5. The molecule has 1 fully saturated rings. The van der Waals surface area contributed by atoms with Crippen molar-refractivity contribution in [2.75, 3.05) is 12.4 Å². The van der Waals surface area contributed by atoms with Crippen LogP contribution >= 0.6 is 11.3 Å². The summed E-state index contributed by atoms with van der Waals surface area (Å²) in [7, 11) is 1.62. The maximum absolute atomic E-state index is 12.0. The Morgan fingerprint density at radius 2 is 2.14 bits per heavy atom. The molecule has 2 aromatic rings. The first kappa shape index (κ1) is 15.1. The summed E-state index contributed by atoms with van der Waals surface area (Å²) in [6.45, 7) is 0. The lowest BCUT2D eigenvalue weighted by atomic mass is 9.93. The van der Waals surface area contributed by atoms with E-state index in [0.29, 0.717) is 5.13 Å². The highest BCUT2D eigenvalue weighted by atomic mass is 32.1. The molecule has 22 heavy (non-hydrogen) atoms. The molecule has 118 valence electrons. The Labute approximate surface area is 132 Å². The molecule has 1 aromatic heterocycles. The number of methoxy groups -OCH3 is 1. The largest absolute Gasteiger partial charge is 0.497 e. The molecule has 0 saturated heterocycles. The van der Waals surface area contributed by atoms with Crippen LogP contribution in [-0.2, 0) is 0 Å². The number of urea groups is 1. The van der Waals surface area contributed by atoms with E-state index in [9.17, 15) is 9.90 Å². The van der Waals surface area contributed by atoms with Gasteiger partial charge in [-0.1, -0.05) is 11.3 Å². The van der Waals surface area contributed by atoms with Gasteiger partial charge in [0.1, 0.15) is 5.75 Å². The fourth-order valence-electron chi connectivity index (χ4n) is 2.62. The number of amides is 2. The molecule has 0 radical (unpaired) electrons. The molecule has 3 rings (SSSR count). The second-order valence-corrected chi connectivity index (χ2v) is 6.49. The van der Waals surface area contributed by atoms with Crippen LogP contribution in [0.3, 0.4) is 0 Å². The number of aliphatic hydroxyl groups is 1. The quantitative estimate of drug-likeness (QED) is 0.811. The molecule has 3 N–H and O–H groups in total. The van der Waals surface area contributed by atoms with Gasteiger partial charge in [0.05, 0.1) is 23.4 Å². The average molecular weight is 321 g/mol. The third-order valence-electron chi connectivity index (χ3n) is 3.85. The Kier molecular flexibility index (Phi) is 4.44. The lowest BCUT2D eigenvalue weighted by Crippen LogP contribution is -2.40. The molecule has 2 amide bonds. The van der Waals surface area contributed by atoms with E-state index in [1.807, 2.05) is 18.2 Å². The standard InChI is InChI=1S/C15H19N3O3S/c1-21-11-6-7-12-13(8-11)22-15(17-12)18-14(20)16-9-2-4-10(19)5-3-9/h6-10,19H,2-5H2,1H3,(H2,16,17,18,20). The van der Waals surface area contributed by atoms with E-state index in [1.54, 1.807) is 7.11 Å². The fraction of sp³-hybridized carbons (Fsp3) is 0.467. The first-order valence-corrected chi connectivity index (χ1v) is 8.16. The summed E-state index contributed by atoms with van der Waals surface area (Å²) in [4.78, 5) is 16.4. The SMILES string of the molecule is COc1ccc2nc(NC(=O)NC3CCC(O)CC3)sc2c1. The van der Waals surface area contributed by atoms with Crippen molar-refractivity contribution in [3.8, 4) is 5.75 Å². The lowest BCUT2D eigenvalue weighted by molar-refractivity contribution is 0.118. The number of thiazole rings is 1. The number of carbonyl (C=O) groups excluding carboxylic acids is 1. The normalized spacial score (nSPS) is 21.5. The number of ether oxygens (including phenoxy) is 1. The Bertz CT molecular complexity index is 665. The van der Waals surface area contributed by atoms with Gasteiger partial charge in [-0.25, -0.2) is 9.78 Å². The van der Waals surface area contributed by atoms with Crippen LogP contribution in [0, 0.1) is 0 Å². The summed E-state index contributed by atoms with van der Waals surface area (Å²) in [5.74, 6) is 0.771. The van der Waals surface area contributed by atoms with Crippen molar-refractivity contribution >= 4 is 32.7 Å². The van der Waals surface area contributed by atoms with Crippen LogP contribution < -0.4 is 15.4 Å². The average Bonchev–Trinajstić information content (AvgIpc) is 2.90. The number of nitrogens with zero attached hydrogens (tertiary/aromatic N) is 1. The van der Waals surface area contributed by atoms with Crippen molar-refractivity contribution in [3.05, 3.63) is 18.2 Å². The van der Waals surface area contributed by atoms with Gasteiger partial charge in [-0.15, -0.1) is 0 Å². The number of rotatable bonds is 3. The Hall–Kier alpha value is -1.86. The molecule has 0 bridgehead atoms. The zero-order chi connectivity index (χ0) is 15.5. The minimum absolute atomic E-state index is 0.123. The molecule has 0 atom stereocenters. The highest BCUT2D eigenvalue weighted by molar-refractivity contribution is 7.22. The van der Waals surface area contributed by atoms with Crippen LogP contribution in [0.1, 0.15) is 25.7 Å². The summed E-state index contributed by atoms with van der Waals surface area (Å²) in [6, 6.07) is 5.50. The zero-order valence-electron chi connectivity index (χ0n) is 12.3. The molecule has 1 heterocycles. The van der Waals surface area contributed by atoms with E-state index in [-0.39, 0.29) is 18.2 Å². The number of anilines is 1.